The van der Waals surface area contributed by atoms with E-state index in [0.29, 0.717) is 28.6 Å². The zero-order valence-corrected chi connectivity index (χ0v) is 16.3. The molecule has 0 spiro atoms. The third kappa shape index (κ3) is 4.06. The Morgan fingerprint density at radius 1 is 1.14 bits per heavy atom. The molecular formula is C21H19ClF2N4O. The van der Waals surface area contributed by atoms with Gasteiger partial charge in [0.05, 0.1) is 16.9 Å². The summed E-state index contributed by atoms with van der Waals surface area (Å²) >= 11 is 6.34. The quantitative estimate of drug-likeness (QED) is 0.685. The van der Waals surface area contributed by atoms with Gasteiger partial charge in [-0.1, -0.05) is 11.6 Å². The van der Waals surface area contributed by atoms with Gasteiger partial charge in [0.15, 0.2) is 0 Å². The summed E-state index contributed by atoms with van der Waals surface area (Å²) in [5.41, 5.74) is 1.37. The molecule has 0 saturated carbocycles. The Balaban J connectivity index is 1.84. The van der Waals surface area contributed by atoms with Gasteiger partial charge in [-0.3, -0.25) is 4.98 Å². The van der Waals surface area contributed by atoms with Crippen LogP contribution in [-0.4, -0.2) is 39.8 Å². The van der Waals surface area contributed by atoms with E-state index in [1.165, 1.54) is 18.3 Å². The molecule has 1 fully saturated rings. The van der Waals surface area contributed by atoms with Gasteiger partial charge < -0.3 is 10.0 Å². The molecule has 29 heavy (non-hydrogen) atoms. The van der Waals surface area contributed by atoms with Crippen LogP contribution in [0.2, 0.25) is 5.02 Å². The average Bonchev–Trinajstić information content (AvgIpc) is 2.74. The van der Waals surface area contributed by atoms with Crippen molar-refractivity contribution in [3.8, 4) is 22.5 Å². The Labute approximate surface area is 172 Å². The molecule has 4 rings (SSSR count). The largest absolute Gasteiger partial charge is 0.396 e. The second kappa shape index (κ2) is 8.39. The van der Waals surface area contributed by atoms with Crippen LogP contribution in [0.4, 0.5) is 14.6 Å². The Hall–Kier alpha value is -2.64. The summed E-state index contributed by atoms with van der Waals surface area (Å²) < 4.78 is 27.9. The number of rotatable bonds is 4. The predicted octanol–water partition coefficient (Wildman–Crippen LogP) is 4.35. The monoisotopic (exact) mass is 416 g/mol. The van der Waals surface area contributed by atoms with Gasteiger partial charge in [-0.25, -0.2) is 18.7 Å². The molecule has 0 amide bonds. The van der Waals surface area contributed by atoms with Crippen LogP contribution in [0.3, 0.4) is 0 Å². The van der Waals surface area contributed by atoms with Crippen molar-refractivity contribution in [2.75, 3.05) is 24.6 Å². The fourth-order valence-corrected chi connectivity index (χ4v) is 3.80. The summed E-state index contributed by atoms with van der Waals surface area (Å²) in [5.74, 6) is -0.593. The molecule has 3 aromatic rings. The van der Waals surface area contributed by atoms with E-state index < -0.39 is 11.6 Å². The van der Waals surface area contributed by atoms with Crippen molar-refractivity contribution >= 4 is 17.4 Å². The van der Waals surface area contributed by atoms with E-state index in [2.05, 4.69) is 14.9 Å². The fraction of sp³-hybridized carbons (Fsp3) is 0.286. The first-order chi connectivity index (χ1) is 14.1. The molecule has 1 aliphatic rings. The molecule has 1 unspecified atom stereocenters. The van der Waals surface area contributed by atoms with Gasteiger partial charge in [-0.05, 0) is 37.0 Å². The highest BCUT2D eigenvalue weighted by atomic mass is 35.5. The number of aliphatic hydroxyl groups excluding tert-OH is 1. The number of anilines is 1. The van der Waals surface area contributed by atoms with Crippen molar-refractivity contribution in [1.29, 1.82) is 0 Å². The van der Waals surface area contributed by atoms with Gasteiger partial charge in [0.1, 0.15) is 23.1 Å². The smallest absolute Gasteiger partial charge is 0.147 e. The van der Waals surface area contributed by atoms with Gasteiger partial charge in [0, 0.05) is 49.3 Å². The molecule has 1 atom stereocenters. The standard InChI is InChI=1S/C21H19ClF2N4O/c22-17-9-25-6-5-15(17)21-20(16-4-3-14(23)8-18(16)24)26-10-19(27-21)28-7-1-2-13(11-28)12-29/h3-6,8-10,13,29H,1-2,7,11-12H2. The van der Waals surface area contributed by atoms with E-state index >= 15 is 0 Å². The minimum absolute atomic E-state index is 0.117. The van der Waals surface area contributed by atoms with E-state index in [-0.39, 0.29) is 23.8 Å². The van der Waals surface area contributed by atoms with E-state index in [4.69, 9.17) is 16.6 Å². The van der Waals surface area contributed by atoms with Crippen molar-refractivity contribution < 1.29 is 13.9 Å². The Kier molecular flexibility index (Phi) is 5.69. The lowest BCUT2D eigenvalue weighted by molar-refractivity contribution is 0.208. The van der Waals surface area contributed by atoms with Gasteiger partial charge in [-0.2, -0.15) is 0 Å². The number of hydrogen-bond acceptors (Lipinski definition) is 5. The van der Waals surface area contributed by atoms with Crippen LogP contribution < -0.4 is 4.90 Å². The molecular weight excluding hydrogens is 398 g/mol. The van der Waals surface area contributed by atoms with Gasteiger partial charge in [0.25, 0.3) is 0 Å². The first kappa shape index (κ1) is 19.7. The Bertz CT molecular complexity index is 1030. The van der Waals surface area contributed by atoms with Crippen LogP contribution in [0.1, 0.15) is 12.8 Å². The number of piperidine rings is 1. The van der Waals surface area contributed by atoms with Gasteiger partial charge >= 0.3 is 0 Å². The van der Waals surface area contributed by atoms with Crippen molar-refractivity contribution in [2.45, 2.75) is 12.8 Å². The molecule has 0 aliphatic carbocycles. The van der Waals surface area contributed by atoms with E-state index in [1.807, 2.05) is 0 Å². The van der Waals surface area contributed by atoms with Crippen LogP contribution in [0, 0.1) is 17.6 Å². The zero-order chi connectivity index (χ0) is 20.4. The van der Waals surface area contributed by atoms with Crippen LogP contribution in [-0.2, 0) is 0 Å². The third-order valence-corrected chi connectivity index (χ3v) is 5.38. The lowest BCUT2D eigenvalue weighted by Crippen LogP contribution is -2.37. The normalized spacial score (nSPS) is 16.8. The lowest BCUT2D eigenvalue weighted by Gasteiger charge is -2.32. The summed E-state index contributed by atoms with van der Waals surface area (Å²) in [6, 6.07) is 5.03. The van der Waals surface area contributed by atoms with Gasteiger partial charge in [-0.15, -0.1) is 0 Å². The molecule has 1 saturated heterocycles. The minimum atomic E-state index is -0.725. The first-order valence-electron chi connectivity index (χ1n) is 9.35. The van der Waals surface area contributed by atoms with Crippen molar-refractivity contribution in [2.24, 2.45) is 5.92 Å². The number of aliphatic hydroxyl groups is 1. The number of nitrogens with zero attached hydrogens (tertiary/aromatic N) is 4. The van der Waals surface area contributed by atoms with Crippen LogP contribution in [0.15, 0.2) is 42.9 Å². The Morgan fingerprint density at radius 2 is 2.00 bits per heavy atom. The molecule has 0 radical (unpaired) electrons. The summed E-state index contributed by atoms with van der Waals surface area (Å²) in [6.45, 7) is 1.57. The van der Waals surface area contributed by atoms with Crippen molar-refractivity contribution in [1.82, 2.24) is 15.0 Å². The van der Waals surface area contributed by atoms with Crippen molar-refractivity contribution in [3.63, 3.8) is 0 Å². The molecule has 3 heterocycles. The number of halogens is 3. The molecule has 1 N–H and O–H groups in total. The van der Waals surface area contributed by atoms with E-state index in [1.54, 1.807) is 18.5 Å². The predicted molar refractivity (Wildman–Crippen MR) is 108 cm³/mol. The second-order valence-electron chi connectivity index (χ2n) is 7.04. The molecule has 8 heteroatoms. The summed E-state index contributed by atoms with van der Waals surface area (Å²) in [6.07, 6.45) is 6.53. The number of aromatic nitrogens is 3. The highest BCUT2D eigenvalue weighted by molar-refractivity contribution is 6.33. The molecule has 150 valence electrons. The average molecular weight is 417 g/mol. The number of pyridine rings is 1. The fourth-order valence-electron chi connectivity index (χ4n) is 3.59. The highest BCUT2D eigenvalue weighted by Crippen LogP contribution is 2.35. The number of hydrogen-bond donors (Lipinski definition) is 1. The second-order valence-corrected chi connectivity index (χ2v) is 7.45. The minimum Gasteiger partial charge on any atom is -0.396 e. The molecule has 1 aliphatic heterocycles. The summed E-state index contributed by atoms with van der Waals surface area (Å²) in [7, 11) is 0. The Morgan fingerprint density at radius 3 is 2.76 bits per heavy atom. The van der Waals surface area contributed by atoms with Crippen molar-refractivity contribution in [3.05, 3.63) is 59.5 Å². The SMILES string of the molecule is OCC1CCCN(c2cnc(-c3ccc(F)cc3F)c(-c3ccncc3Cl)n2)C1. The number of benzene rings is 1. The molecule has 0 bridgehead atoms. The molecule has 5 nitrogen and oxygen atoms in total. The van der Waals surface area contributed by atoms with Crippen LogP contribution >= 0.6 is 11.6 Å². The van der Waals surface area contributed by atoms with E-state index in [0.717, 1.165) is 25.5 Å². The zero-order valence-electron chi connectivity index (χ0n) is 15.5. The molecule has 1 aromatic carbocycles. The lowest BCUT2D eigenvalue weighted by atomic mass is 9.99. The third-order valence-electron chi connectivity index (χ3n) is 5.07. The van der Waals surface area contributed by atoms with Gasteiger partial charge in [0.2, 0.25) is 0 Å². The molecule has 2 aromatic heterocycles. The maximum atomic E-state index is 14.5. The topological polar surface area (TPSA) is 62.1 Å². The maximum Gasteiger partial charge on any atom is 0.147 e. The highest BCUT2D eigenvalue weighted by Gasteiger charge is 2.23. The maximum absolute atomic E-state index is 14.5. The van der Waals surface area contributed by atoms with Crippen LogP contribution in [0.5, 0.6) is 0 Å². The van der Waals surface area contributed by atoms with Crippen LogP contribution in [0.25, 0.3) is 22.5 Å². The summed E-state index contributed by atoms with van der Waals surface area (Å²) in [4.78, 5) is 15.3. The first-order valence-corrected chi connectivity index (χ1v) is 9.72. The summed E-state index contributed by atoms with van der Waals surface area (Å²) in [5, 5.41) is 9.87. The van der Waals surface area contributed by atoms with E-state index in [9.17, 15) is 13.9 Å².